The third-order valence-electron chi connectivity index (χ3n) is 5.37. The normalized spacial score (nSPS) is 14.1. The summed E-state index contributed by atoms with van der Waals surface area (Å²) < 4.78 is 14.7. The first kappa shape index (κ1) is 19.8. The summed E-state index contributed by atoms with van der Waals surface area (Å²) >= 11 is 0. The van der Waals surface area contributed by atoms with E-state index in [-0.39, 0.29) is 17.5 Å². The Bertz CT molecular complexity index is 1070. The minimum Gasteiger partial charge on any atom is -0.368 e. The molecule has 0 saturated carbocycles. The van der Waals surface area contributed by atoms with E-state index >= 15 is 0 Å². The van der Waals surface area contributed by atoms with Crippen LogP contribution in [0.25, 0.3) is 5.69 Å². The SMILES string of the molecule is CC(=O)c1ccc(N2CCN(C(=O)c3nnn(-c4ccc(F)cc4)c3C)CC2)cc1. The monoisotopic (exact) mass is 407 g/mol. The van der Waals surface area contributed by atoms with Gasteiger partial charge < -0.3 is 9.80 Å². The molecule has 1 aromatic heterocycles. The van der Waals surface area contributed by atoms with Crippen molar-refractivity contribution in [3.05, 3.63) is 71.3 Å². The van der Waals surface area contributed by atoms with E-state index < -0.39 is 0 Å². The van der Waals surface area contributed by atoms with Crippen molar-refractivity contribution in [2.45, 2.75) is 13.8 Å². The lowest BCUT2D eigenvalue weighted by Crippen LogP contribution is -2.49. The van der Waals surface area contributed by atoms with Gasteiger partial charge in [-0.2, -0.15) is 0 Å². The third kappa shape index (κ3) is 3.80. The Hall–Kier alpha value is -3.55. The lowest BCUT2D eigenvalue weighted by atomic mass is 10.1. The number of piperazine rings is 1. The van der Waals surface area contributed by atoms with E-state index in [1.165, 1.54) is 12.1 Å². The summed E-state index contributed by atoms with van der Waals surface area (Å²) in [5.41, 5.74) is 3.30. The van der Waals surface area contributed by atoms with Crippen molar-refractivity contribution in [1.29, 1.82) is 0 Å². The standard InChI is InChI=1S/C22H22FN5O2/c1-15-21(24-25-28(15)20-9-5-18(23)6-10-20)22(30)27-13-11-26(12-14-27)19-7-3-17(4-8-19)16(2)29/h3-10H,11-14H2,1-2H3. The molecule has 2 aromatic carbocycles. The molecule has 4 rings (SSSR count). The number of ketones is 1. The molecule has 8 heteroatoms. The fourth-order valence-electron chi connectivity index (χ4n) is 3.58. The molecule has 30 heavy (non-hydrogen) atoms. The van der Waals surface area contributed by atoms with E-state index in [1.54, 1.807) is 35.6 Å². The highest BCUT2D eigenvalue weighted by Gasteiger charge is 2.26. The maximum atomic E-state index is 13.2. The van der Waals surface area contributed by atoms with Crippen LogP contribution in [0.2, 0.25) is 0 Å². The van der Waals surface area contributed by atoms with Gasteiger partial charge in [0.15, 0.2) is 11.5 Å². The first-order valence-corrected chi connectivity index (χ1v) is 9.77. The largest absolute Gasteiger partial charge is 0.368 e. The zero-order valence-corrected chi connectivity index (χ0v) is 16.9. The Morgan fingerprint density at radius 1 is 0.900 bits per heavy atom. The molecular formula is C22H22FN5O2. The van der Waals surface area contributed by atoms with Gasteiger partial charge in [0.25, 0.3) is 5.91 Å². The number of benzene rings is 2. The highest BCUT2D eigenvalue weighted by molar-refractivity contribution is 5.94. The molecule has 0 aliphatic carbocycles. The van der Waals surface area contributed by atoms with Gasteiger partial charge in [-0.15, -0.1) is 5.10 Å². The van der Waals surface area contributed by atoms with Crippen LogP contribution in [0.4, 0.5) is 10.1 Å². The van der Waals surface area contributed by atoms with Crippen molar-refractivity contribution in [3.63, 3.8) is 0 Å². The quantitative estimate of drug-likeness (QED) is 0.622. The molecule has 3 aromatic rings. The second-order valence-corrected chi connectivity index (χ2v) is 7.29. The Labute approximate surface area is 173 Å². The summed E-state index contributed by atoms with van der Waals surface area (Å²) in [6.07, 6.45) is 0. The molecule has 1 amide bonds. The number of nitrogens with zero attached hydrogens (tertiary/aromatic N) is 5. The van der Waals surface area contributed by atoms with Crippen LogP contribution in [-0.4, -0.2) is 57.8 Å². The number of carbonyl (C=O) groups is 2. The highest BCUT2D eigenvalue weighted by atomic mass is 19.1. The van der Waals surface area contributed by atoms with E-state index in [1.807, 2.05) is 24.3 Å². The molecule has 2 heterocycles. The van der Waals surface area contributed by atoms with Gasteiger partial charge in [-0.25, -0.2) is 9.07 Å². The van der Waals surface area contributed by atoms with Crippen molar-refractivity contribution in [3.8, 4) is 5.69 Å². The smallest absolute Gasteiger partial charge is 0.276 e. The van der Waals surface area contributed by atoms with Crippen molar-refractivity contribution < 1.29 is 14.0 Å². The number of carbonyl (C=O) groups excluding carboxylic acids is 2. The molecule has 1 fully saturated rings. The maximum Gasteiger partial charge on any atom is 0.276 e. The van der Waals surface area contributed by atoms with Gasteiger partial charge in [-0.3, -0.25) is 9.59 Å². The fourth-order valence-corrected chi connectivity index (χ4v) is 3.58. The van der Waals surface area contributed by atoms with Gasteiger partial charge in [0.1, 0.15) is 5.82 Å². The summed E-state index contributed by atoms with van der Waals surface area (Å²) in [5.74, 6) is -0.449. The van der Waals surface area contributed by atoms with Crippen LogP contribution in [0.3, 0.4) is 0 Å². The van der Waals surface area contributed by atoms with Crippen molar-refractivity contribution in [1.82, 2.24) is 19.9 Å². The first-order chi connectivity index (χ1) is 14.4. The van der Waals surface area contributed by atoms with Gasteiger partial charge >= 0.3 is 0 Å². The van der Waals surface area contributed by atoms with Crippen LogP contribution in [0.15, 0.2) is 48.5 Å². The number of anilines is 1. The average Bonchev–Trinajstić information content (AvgIpc) is 3.15. The maximum absolute atomic E-state index is 13.2. The Kier molecular flexibility index (Phi) is 5.31. The van der Waals surface area contributed by atoms with E-state index in [9.17, 15) is 14.0 Å². The van der Waals surface area contributed by atoms with Gasteiger partial charge in [-0.1, -0.05) is 5.21 Å². The van der Waals surface area contributed by atoms with E-state index in [2.05, 4.69) is 15.2 Å². The zero-order chi connectivity index (χ0) is 21.3. The van der Waals surface area contributed by atoms with Gasteiger partial charge in [0, 0.05) is 37.4 Å². The molecule has 1 saturated heterocycles. The number of amides is 1. The summed E-state index contributed by atoms with van der Waals surface area (Å²) in [6, 6.07) is 13.4. The molecule has 0 radical (unpaired) electrons. The number of aromatic nitrogens is 3. The minimum absolute atomic E-state index is 0.0426. The molecule has 0 N–H and O–H groups in total. The lowest BCUT2D eigenvalue weighted by molar-refractivity contribution is 0.0739. The molecule has 154 valence electrons. The second kappa shape index (κ2) is 8.06. The molecule has 0 unspecified atom stereocenters. The number of hydrogen-bond donors (Lipinski definition) is 0. The summed E-state index contributed by atoms with van der Waals surface area (Å²) in [7, 11) is 0. The average molecular weight is 407 g/mol. The van der Waals surface area contributed by atoms with Gasteiger partial charge in [0.05, 0.1) is 11.4 Å². The Morgan fingerprint density at radius 3 is 2.10 bits per heavy atom. The molecule has 0 atom stereocenters. The molecule has 7 nitrogen and oxygen atoms in total. The molecule has 1 aliphatic rings. The van der Waals surface area contributed by atoms with Crippen LogP contribution in [0, 0.1) is 12.7 Å². The van der Waals surface area contributed by atoms with E-state index in [4.69, 9.17) is 0 Å². The topological polar surface area (TPSA) is 71.3 Å². The zero-order valence-electron chi connectivity index (χ0n) is 16.9. The van der Waals surface area contributed by atoms with Crippen LogP contribution < -0.4 is 4.90 Å². The Morgan fingerprint density at radius 2 is 1.50 bits per heavy atom. The molecule has 1 aliphatic heterocycles. The predicted molar refractivity (Wildman–Crippen MR) is 111 cm³/mol. The lowest BCUT2D eigenvalue weighted by Gasteiger charge is -2.35. The minimum atomic E-state index is -0.332. The van der Waals surface area contributed by atoms with Crippen LogP contribution in [0.5, 0.6) is 0 Å². The first-order valence-electron chi connectivity index (χ1n) is 9.77. The van der Waals surface area contributed by atoms with Crippen LogP contribution in [0.1, 0.15) is 33.5 Å². The number of halogens is 1. The van der Waals surface area contributed by atoms with E-state index in [0.717, 1.165) is 5.69 Å². The Balaban J connectivity index is 1.43. The van der Waals surface area contributed by atoms with E-state index in [0.29, 0.717) is 48.8 Å². The number of rotatable bonds is 4. The van der Waals surface area contributed by atoms with Crippen LogP contribution >= 0.6 is 0 Å². The summed E-state index contributed by atoms with van der Waals surface area (Å²) in [5, 5.41) is 8.15. The van der Waals surface area contributed by atoms with Crippen molar-refractivity contribution >= 4 is 17.4 Å². The number of Topliss-reactive ketones (excluding diaryl/α,β-unsaturated/α-hetero) is 1. The number of hydrogen-bond acceptors (Lipinski definition) is 5. The molecular weight excluding hydrogens is 385 g/mol. The van der Waals surface area contributed by atoms with Crippen molar-refractivity contribution in [2.75, 3.05) is 31.1 Å². The summed E-state index contributed by atoms with van der Waals surface area (Å²) in [4.78, 5) is 28.4. The molecule has 0 bridgehead atoms. The van der Waals surface area contributed by atoms with Gasteiger partial charge in [0.2, 0.25) is 0 Å². The fraction of sp³-hybridized carbons (Fsp3) is 0.273. The van der Waals surface area contributed by atoms with Crippen molar-refractivity contribution in [2.24, 2.45) is 0 Å². The van der Waals surface area contributed by atoms with Gasteiger partial charge in [-0.05, 0) is 62.4 Å². The predicted octanol–water partition coefficient (Wildman–Crippen LogP) is 2.88. The van der Waals surface area contributed by atoms with Crippen LogP contribution in [-0.2, 0) is 0 Å². The third-order valence-corrected chi connectivity index (χ3v) is 5.37. The second-order valence-electron chi connectivity index (χ2n) is 7.29. The summed E-state index contributed by atoms with van der Waals surface area (Å²) in [6.45, 7) is 5.84. The highest BCUT2D eigenvalue weighted by Crippen LogP contribution is 2.20. The molecule has 0 spiro atoms.